The van der Waals surface area contributed by atoms with E-state index in [0.29, 0.717) is 28.6 Å². The van der Waals surface area contributed by atoms with Gasteiger partial charge in [-0.1, -0.05) is 42.5 Å². The van der Waals surface area contributed by atoms with Crippen LogP contribution in [0, 0.1) is 0 Å². The van der Waals surface area contributed by atoms with Gasteiger partial charge < -0.3 is 10.4 Å². The van der Waals surface area contributed by atoms with Crippen LogP contribution in [-0.4, -0.2) is 26.8 Å². The third-order valence-electron chi connectivity index (χ3n) is 6.03. The van der Waals surface area contributed by atoms with E-state index in [-0.39, 0.29) is 17.7 Å². The molecule has 0 aliphatic carbocycles. The number of aromatic nitrogens is 2. The number of carboxylic acids is 1. The Bertz CT molecular complexity index is 1430. The molecule has 186 valence electrons. The summed E-state index contributed by atoms with van der Waals surface area (Å²) in [5.74, 6) is -1.47. The number of rotatable bonds is 7. The van der Waals surface area contributed by atoms with Gasteiger partial charge in [-0.2, -0.15) is 18.3 Å². The Morgan fingerprint density at radius 1 is 1.06 bits per heavy atom. The van der Waals surface area contributed by atoms with E-state index in [1.807, 2.05) is 13.0 Å². The summed E-state index contributed by atoms with van der Waals surface area (Å²) in [4.78, 5) is 24.4. The molecule has 1 heterocycles. The van der Waals surface area contributed by atoms with Crippen LogP contribution in [0.3, 0.4) is 0 Å². The van der Waals surface area contributed by atoms with Crippen molar-refractivity contribution in [3.8, 4) is 0 Å². The second-order valence-corrected chi connectivity index (χ2v) is 8.47. The van der Waals surface area contributed by atoms with Crippen LogP contribution in [0.2, 0.25) is 0 Å². The largest absolute Gasteiger partial charge is 0.478 e. The summed E-state index contributed by atoms with van der Waals surface area (Å²) in [6.07, 6.45) is -4.25. The van der Waals surface area contributed by atoms with E-state index in [0.717, 1.165) is 17.7 Å². The second kappa shape index (κ2) is 9.85. The zero-order valence-corrected chi connectivity index (χ0v) is 19.6. The van der Waals surface area contributed by atoms with E-state index in [1.54, 1.807) is 41.9 Å². The number of nitrogens with one attached hydrogen (secondary N) is 1. The van der Waals surface area contributed by atoms with Crippen LogP contribution in [0.15, 0.2) is 66.7 Å². The smallest absolute Gasteiger partial charge is 0.416 e. The Morgan fingerprint density at radius 2 is 1.75 bits per heavy atom. The number of halogens is 3. The van der Waals surface area contributed by atoms with Gasteiger partial charge in [-0.3, -0.25) is 9.48 Å². The summed E-state index contributed by atoms with van der Waals surface area (Å²) in [5, 5.41) is 17.1. The maximum absolute atomic E-state index is 13.3. The Kier molecular flexibility index (Phi) is 6.83. The lowest BCUT2D eigenvalue weighted by Gasteiger charge is -2.14. The lowest BCUT2D eigenvalue weighted by atomic mass is 9.98. The third-order valence-corrected chi connectivity index (χ3v) is 6.03. The van der Waals surface area contributed by atoms with E-state index in [9.17, 15) is 22.8 Å². The first kappa shape index (κ1) is 25.0. The number of amides is 1. The third kappa shape index (κ3) is 5.10. The van der Waals surface area contributed by atoms with Crippen molar-refractivity contribution in [2.45, 2.75) is 39.0 Å². The maximum Gasteiger partial charge on any atom is 0.416 e. The Hall–Kier alpha value is -4.14. The van der Waals surface area contributed by atoms with Crippen LogP contribution in [-0.2, 0) is 19.1 Å². The highest BCUT2D eigenvalue weighted by molar-refractivity contribution is 6.06. The topological polar surface area (TPSA) is 84.2 Å². The van der Waals surface area contributed by atoms with Crippen molar-refractivity contribution in [1.82, 2.24) is 15.1 Å². The number of benzene rings is 3. The number of carbonyl (C=O) groups excluding carboxylic acids is 1. The average Bonchev–Trinajstić information content (AvgIpc) is 3.24. The van der Waals surface area contributed by atoms with Crippen molar-refractivity contribution >= 4 is 22.8 Å². The fraction of sp³-hybridized carbons (Fsp3) is 0.222. The molecule has 1 amide bonds. The number of fused-ring (bicyclic) bond motifs is 1. The highest BCUT2D eigenvalue weighted by atomic mass is 19.4. The molecule has 0 saturated heterocycles. The number of carboxylic acid groups (broad SMARTS) is 1. The molecule has 0 spiro atoms. The number of aryl methyl sites for hydroxylation is 1. The van der Waals surface area contributed by atoms with Gasteiger partial charge in [-0.15, -0.1) is 0 Å². The summed E-state index contributed by atoms with van der Waals surface area (Å²) in [5.41, 5.74) is 2.20. The van der Waals surface area contributed by atoms with E-state index < -0.39 is 29.7 Å². The van der Waals surface area contributed by atoms with Crippen molar-refractivity contribution in [2.75, 3.05) is 0 Å². The van der Waals surface area contributed by atoms with Gasteiger partial charge in [0.15, 0.2) is 5.69 Å². The SMILES string of the molecule is CCn1nc(C(=O)N[C@@H](C)c2ccc(C(=O)O)cc2)c2c(Cc3cccc(C(F)(F)F)c3)cccc21. The molecule has 0 radical (unpaired) electrons. The molecule has 6 nitrogen and oxygen atoms in total. The van der Waals surface area contributed by atoms with Gasteiger partial charge in [-0.05, 0) is 61.2 Å². The molecule has 0 unspecified atom stereocenters. The summed E-state index contributed by atoms with van der Waals surface area (Å²) >= 11 is 0. The molecule has 0 aliphatic rings. The van der Waals surface area contributed by atoms with Crippen LogP contribution in [0.25, 0.3) is 10.9 Å². The van der Waals surface area contributed by atoms with E-state index in [4.69, 9.17) is 5.11 Å². The zero-order valence-electron chi connectivity index (χ0n) is 19.6. The van der Waals surface area contributed by atoms with E-state index in [1.165, 1.54) is 18.2 Å². The normalized spacial score (nSPS) is 12.5. The molecular weight excluding hydrogens is 471 g/mol. The molecule has 2 N–H and O–H groups in total. The molecule has 4 aromatic rings. The molecule has 1 atom stereocenters. The van der Waals surface area contributed by atoms with Gasteiger partial charge >= 0.3 is 12.1 Å². The minimum Gasteiger partial charge on any atom is -0.478 e. The lowest BCUT2D eigenvalue weighted by molar-refractivity contribution is -0.137. The minimum absolute atomic E-state index is 0.143. The van der Waals surface area contributed by atoms with Gasteiger partial charge in [-0.25, -0.2) is 4.79 Å². The first-order valence-electron chi connectivity index (χ1n) is 11.4. The van der Waals surface area contributed by atoms with Crippen molar-refractivity contribution < 1.29 is 27.9 Å². The van der Waals surface area contributed by atoms with Gasteiger partial charge in [0.05, 0.1) is 22.7 Å². The molecule has 4 rings (SSSR count). The monoisotopic (exact) mass is 495 g/mol. The Morgan fingerprint density at radius 3 is 2.39 bits per heavy atom. The standard InChI is InChI=1S/C27H24F3N3O3/c1-3-33-22-9-5-7-20(14-17-6-4-8-21(15-17)27(28,29)30)23(22)24(32-33)25(34)31-16(2)18-10-12-19(13-11-18)26(35)36/h4-13,15-16H,3,14H2,1-2H3,(H,31,34)(H,35,36)/t16-/m0/s1. The number of nitrogens with zero attached hydrogens (tertiary/aromatic N) is 2. The molecule has 0 bridgehead atoms. The van der Waals surface area contributed by atoms with Gasteiger partial charge in [0.1, 0.15) is 0 Å². The molecule has 36 heavy (non-hydrogen) atoms. The van der Waals surface area contributed by atoms with E-state index >= 15 is 0 Å². The van der Waals surface area contributed by atoms with Crippen LogP contribution < -0.4 is 5.32 Å². The highest BCUT2D eigenvalue weighted by Crippen LogP contribution is 2.31. The fourth-order valence-electron chi connectivity index (χ4n) is 4.19. The lowest BCUT2D eigenvalue weighted by Crippen LogP contribution is -2.27. The summed E-state index contributed by atoms with van der Waals surface area (Å²) in [7, 11) is 0. The van der Waals surface area contributed by atoms with Crippen LogP contribution in [0.4, 0.5) is 13.2 Å². The predicted molar refractivity (Wildman–Crippen MR) is 129 cm³/mol. The van der Waals surface area contributed by atoms with Crippen molar-refractivity contribution in [1.29, 1.82) is 0 Å². The second-order valence-electron chi connectivity index (χ2n) is 8.47. The molecule has 1 aromatic heterocycles. The summed E-state index contributed by atoms with van der Waals surface area (Å²) in [6.45, 7) is 4.17. The predicted octanol–water partition coefficient (Wildman–Crippen LogP) is 5.86. The first-order valence-corrected chi connectivity index (χ1v) is 11.4. The first-order chi connectivity index (χ1) is 17.1. The zero-order chi connectivity index (χ0) is 26.0. The fourth-order valence-corrected chi connectivity index (χ4v) is 4.19. The van der Waals surface area contributed by atoms with Crippen LogP contribution >= 0.6 is 0 Å². The van der Waals surface area contributed by atoms with Gasteiger partial charge in [0.25, 0.3) is 5.91 Å². The molecule has 9 heteroatoms. The Labute approximate surface area is 205 Å². The van der Waals surface area contributed by atoms with Crippen molar-refractivity contribution in [3.05, 3.63) is 100 Å². The van der Waals surface area contributed by atoms with Crippen molar-refractivity contribution in [3.63, 3.8) is 0 Å². The van der Waals surface area contributed by atoms with Crippen LogP contribution in [0.5, 0.6) is 0 Å². The molecular formula is C27H24F3N3O3. The molecule has 0 aliphatic heterocycles. The Balaban J connectivity index is 1.68. The minimum atomic E-state index is -4.45. The van der Waals surface area contributed by atoms with E-state index in [2.05, 4.69) is 10.4 Å². The highest BCUT2D eigenvalue weighted by Gasteiger charge is 2.30. The number of hydrogen-bond donors (Lipinski definition) is 2. The number of alkyl halides is 3. The average molecular weight is 496 g/mol. The van der Waals surface area contributed by atoms with Gasteiger partial charge in [0.2, 0.25) is 0 Å². The molecule has 0 fully saturated rings. The quantitative estimate of drug-likeness (QED) is 0.337. The van der Waals surface area contributed by atoms with Crippen LogP contribution in [0.1, 0.15) is 63.0 Å². The number of aromatic carboxylic acids is 1. The number of hydrogen-bond acceptors (Lipinski definition) is 3. The number of carbonyl (C=O) groups is 2. The maximum atomic E-state index is 13.3. The van der Waals surface area contributed by atoms with Gasteiger partial charge in [0, 0.05) is 11.9 Å². The van der Waals surface area contributed by atoms with Crippen molar-refractivity contribution in [2.24, 2.45) is 0 Å². The molecule has 3 aromatic carbocycles. The summed E-state index contributed by atoms with van der Waals surface area (Å²) < 4.78 is 41.3. The molecule has 0 saturated carbocycles. The summed E-state index contributed by atoms with van der Waals surface area (Å²) in [6, 6.07) is 16.3.